The number of nitrogens with one attached hydrogen (secondary N) is 1. The first-order chi connectivity index (χ1) is 7.33. The molecule has 0 atom stereocenters. The zero-order chi connectivity index (χ0) is 12.7. The molecule has 98 valence electrons. The number of hydrogen-bond donors (Lipinski definition) is 2. The van der Waals surface area contributed by atoms with Gasteiger partial charge in [0.25, 0.3) is 0 Å². The first kappa shape index (κ1) is 15.9. The highest BCUT2D eigenvalue weighted by Gasteiger charge is 2.17. The second kappa shape index (κ2) is 7.29. The molecule has 0 heterocycles. The summed E-state index contributed by atoms with van der Waals surface area (Å²) < 4.78 is 0. The molecule has 0 unspecified atom stereocenters. The Kier molecular flexibility index (Phi) is 7.25. The van der Waals surface area contributed by atoms with Crippen molar-refractivity contribution in [1.82, 2.24) is 5.32 Å². The maximum Gasteiger partial charge on any atom is 0.000241 e. The molecular weight excluding hydrogens is 196 g/mol. The summed E-state index contributed by atoms with van der Waals surface area (Å²) in [4.78, 5) is 0. The van der Waals surface area contributed by atoms with Crippen LogP contribution in [0.4, 0.5) is 0 Å². The van der Waals surface area contributed by atoms with E-state index >= 15 is 0 Å². The lowest BCUT2D eigenvalue weighted by Gasteiger charge is -2.25. The SMILES string of the molecule is CCC(C)(C)CNCCCC(C)(C)CCN. The molecular formula is C14H32N2. The molecule has 2 heteroatoms. The van der Waals surface area contributed by atoms with E-state index in [1.807, 2.05) is 0 Å². The topological polar surface area (TPSA) is 38.0 Å². The van der Waals surface area contributed by atoms with Crippen molar-refractivity contribution in [2.24, 2.45) is 16.6 Å². The van der Waals surface area contributed by atoms with Gasteiger partial charge in [0.2, 0.25) is 0 Å². The Labute approximate surface area is 102 Å². The summed E-state index contributed by atoms with van der Waals surface area (Å²) in [5.41, 5.74) is 6.46. The zero-order valence-electron chi connectivity index (χ0n) is 12.0. The van der Waals surface area contributed by atoms with Crippen molar-refractivity contribution in [3.05, 3.63) is 0 Å². The molecule has 0 aliphatic rings. The summed E-state index contributed by atoms with van der Waals surface area (Å²) in [5, 5.41) is 3.56. The van der Waals surface area contributed by atoms with Crippen molar-refractivity contribution in [2.45, 2.75) is 60.3 Å². The molecule has 0 bridgehead atoms. The second-order valence-corrected chi connectivity index (χ2v) is 6.50. The van der Waals surface area contributed by atoms with Crippen LogP contribution in [0.1, 0.15) is 60.3 Å². The molecule has 2 nitrogen and oxygen atoms in total. The van der Waals surface area contributed by atoms with Gasteiger partial charge in [-0.3, -0.25) is 0 Å². The van der Waals surface area contributed by atoms with Crippen LogP contribution in [0, 0.1) is 10.8 Å². The van der Waals surface area contributed by atoms with E-state index in [0.29, 0.717) is 10.8 Å². The van der Waals surface area contributed by atoms with Crippen molar-refractivity contribution in [1.29, 1.82) is 0 Å². The van der Waals surface area contributed by atoms with Crippen LogP contribution in [-0.2, 0) is 0 Å². The van der Waals surface area contributed by atoms with E-state index in [1.165, 1.54) is 19.3 Å². The Morgan fingerprint density at radius 1 is 1.00 bits per heavy atom. The van der Waals surface area contributed by atoms with Gasteiger partial charge in [0.1, 0.15) is 0 Å². The molecule has 3 N–H and O–H groups in total. The minimum absolute atomic E-state index is 0.413. The third kappa shape index (κ3) is 8.12. The van der Waals surface area contributed by atoms with Gasteiger partial charge in [-0.2, -0.15) is 0 Å². The molecule has 0 aromatic heterocycles. The molecule has 0 aliphatic carbocycles. The Morgan fingerprint density at radius 3 is 2.12 bits per heavy atom. The van der Waals surface area contributed by atoms with Crippen molar-refractivity contribution in [2.75, 3.05) is 19.6 Å². The normalized spacial score (nSPS) is 13.1. The van der Waals surface area contributed by atoms with Crippen LogP contribution in [0.5, 0.6) is 0 Å². The fourth-order valence-corrected chi connectivity index (χ4v) is 1.76. The van der Waals surface area contributed by atoms with Crippen LogP contribution in [-0.4, -0.2) is 19.6 Å². The highest BCUT2D eigenvalue weighted by Crippen LogP contribution is 2.25. The molecule has 16 heavy (non-hydrogen) atoms. The summed E-state index contributed by atoms with van der Waals surface area (Å²) in [5.74, 6) is 0. The van der Waals surface area contributed by atoms with E-state index in [-0.39, 0.29) is 0 Å². The maximum atomic E-state index is 5.60. The van der Waals surface area contributed by atoms with E-state index in [9.17, 15) is 0 Å². The van der Waals surface area contributed by atoms with Gasteiger partial charge >= 0.3 is 0 Å². The van der Waals surface area contributed by atoms with Gasteiger partial charge in [-0.15, -0.1) is 0 Å². The third-order valence-electron chi connectivity index (χ3n) is 3.59. The van der Waals surface area contributed by atoms with Crippen LogP contribution in [0.15, 0.2) is 0 Å². The lowest BCUT2D eigenvalue weighted by Crippen LogP contribution is -2.30. The Morgan fingerprint density at radius 2 is 1.62 bits per heavy atom. The first-order valence-electron chi connectivity index (χ1n) is 6.74. The molecule has 0 aromatic rings. The van der Waals surface area contributed by atoms with Gasteiger partial charge < -0.3 is 11.1 Å². The molecule has 0 aromatic carbocycles. The molecule has 0 spiro atoms. The van der Waals surface area contributed by atoms with E-state index in [2.05, 4.69) is 39.9 Å². The minimum atomic E-state index is 0.413. The minimum Gasteiger partial charge on any atom is -0.330 e. The van der Waals surface area contributed by atoms with E-state index in [0.717, 1.165) is 26.1 Å². The molecule has 0 rings (SSSR count). The van der Waals surface area contributed by atoms with E-state index < -0.39 is 0 Å². The maximum absolute atomic E-state index is 5.60. The lowest BCUT2D eigenvalue weighted by molar-refractivity contribution is 0.290. The van der Waals surface area contributed by atoms with Gasteiger partial charge in [-0.1, -0.05) is 34.6 Å². The van der Waals surface area contributed by atoms with E-state index in [1.54, 1.807) is 0 Å². The summed E-state index contributed by atoms with van der Waals surface area (Å²) in [6.07, 6.45) is 4.89. The van der Waals surface area contributed by atoms with Gasteiger partial charge in [0.05, 0.1) is 0 Å². The second-order valence-electron chi connectivity index (χ2n) is 6.50. The highest BCUT2D eigenvalue weighted by atomic mass is 14.9. The van der Waals surface area contributed by atoms with Gasteiger partial charge in [-0.25, -0.2) is 0 Å². The summed E-state index contributed by atoms with van der Waals surface area (Å²) in [7, 11) is 0. The third-order valence-corrected chi connectivity index (χ3v) is 3.59. The Bertz CT molecular complexity index is 174. The fraction of sp³-hybridized carbons (Fsp3) is 1.00. The van der Waals surface area contributed by atoms with Crippen LogP contribution >= 0.6 is 0 Å². The number of hydrogen-bond acceptors (Lipinski definition) is 2. The predicted octanol–water partition coefficient (Wildman–Crippen LogP) is 3.17. The molecule has 0 saturated carbocycles. The first-order valence-corrected chi connectivity index (χ1v) is 6.74. The standard InChI is InChI=1S/C14H32N2/c1-6-13(2,3)12-16-11-7-8-14(4,5)9-10-15/h16H,6-12,15H2,1-5H3. The molecule has 0 saturated heterocycles. The summed E-state index contributed by atoms with van der Waals surface area (Å²) in [6, 6.07) is 0. The average molecular weight is 228 g/mol. The molecule has 0 amide bonds. The van der Waals surface area contributed by atoms with E-state index in [4.69, 9.17) is 5.73 Å². The largest absolute Gasteiger partial charge is 0.330 e. The van der Waals surface area contributed by atoms with Crippen LogP contribution in [0.2, 0.25) is 0 Å². The Hall–Kier alpha value is -0.0800. The fourth-order valence-electron chi connectivity index (χ4n) is 1.76. The van der Waals surface area contributed by atoms with Crippen LogP contribution in [0.3, 0.4) is 0 Å². The van der Waals surface area contributed by atoms with Crippen LogP contribution in [0.25, 0.3) is 0 Å². The lowest BCUT2D eigenvalue weighted by atomic mass is 9.84. The number of rotatable bonds is 9. The average Bonchev–Trinajstić information content (AvgIpc) is 2.17. The predicted molar refractivity (Wildman–Crippen MR) is 73.6 cm³/mol. The monoisotopic (exact) mass is 228 g/mol. The number of nitrogens with two attached hydrogens (primary N) is 1. The van der Waals surface area contributed by atoms with Gasteiger partial charge in [0, 0.05) is 6.54 Å². The van der Waals surface area contributed by atoms with Crippen molar-refractivity contribution in [3.8, 4) is 0 Å². The molecule has 0 radical (unpaired) electrons. The Balaban J connectivity index is 3.54. The zero-order valence-corrected chi connectivity index (χ0v) is 12.0. The van der Waals surface area contributed by atoms with Gasteiger partial charge in [-0.05, 0) is 49.6 Å². The summed E-state index contributed by atoms with van der Waals surface area (Å²) >= 11 is 0. The quantitative estimate of drug-likeness (QED) is 0.595. The molecule has 0 aliphatic heterocycles. The van der Waals surface area contributed by atoms with Crippen molar-refractivity contribution < 1.29 is 0 Å². The van der Waals surface area contributed by atoms with Gasteiger partial charge in [0.15, 0.2) is 0 Å². The van der Waals surface area contributed by atoms with Crippen LogP contribution < -0.4 is 11.1 Å². The molecule has 0 fully saturated rings. The smallest absolute Gasteiger partial charge is 0.000241 e. The van der Waals surface area contributed by atoms with Crippen molar-refractivity contribution in [3.63, 3.8) is 0 Å². The van der Waals surface area contributed by atoms with Crippen molar-refractivity contribution >= 4 is 0 Å². The highest BCUT2D eigenvalue weighted by molar-refractivity contribution is 4.72. The summed E-state index contributed by atoms with van der Waals surface area (Å²) in [6.45, 7) is 14.6.